The summed E-state index contributed by atoms with van der Waals surface area (Å²) in [6, 6.07) is 22.4. The molecule has 4 aromatic carbocycles. The molecule has 284 valence electrons. The van der Waals surface area contributed by atoms with Crippen molar-refractivity contribution in [1.82, 2.24) is 19.9 Å². The van der Waals surface area contributed by atoms with Crippen molar-refractivity contribution in [2.24, 2.45) is 0 Å². The lowest BCUT2D eigenvalue weighted by molar-refractivity contribution is -0.387. The lowest BCUT2D eigenvalue weighted by Crippen LogP contribution is -2.02. The molecule has 0 aliphatic rings. The number of methoxy groups -OCH3 is 2. The number of nitrogens with one attached hydrogen (secondary N) is 3. The third-order valence-corrected chi connectivity index (χ3v) is 7.91. The van der Waals surface area contributed by atoms with E-state index in [-0.39, 0.29) is 22.9 Å². The highest BCUT2D eigenvalue weighted by molar-refractivity contribution is 9.10. The van der Waals surface area contributed by atoms with Crippen molar-refractivity contribution >= 4 is 95.0 Å². The standard InChI is InChI=1S/C17H13BrFN5O3.C10H7BrClN3.C7H7FN2O3/c1-27-15-6-12(19)14(24(25)26)7-13(15)23-17-8-16(20-9-21-17)22-11-4-2-3-10(18)5-11;11-7-2-1-3-8(4-7)15-10-5-9(12)13-6-14-10;1-13-7-2-4(8)6(10(11)12)3-5(7)9/h2-9H,1H3,(H2,20,21,22,23);1-6H,(H,13,14,15);2-3H,9H2,1H3. The monoisotopic (exact) mass is 902 g/mol. The maximum Gasteiger partial charge on any atom is 0.307 e. The summed E-state index contributed by atoms with van der Waals surface area (Å²) in [7, 11) is 2.64. The molecule has 0 spiro atoms. The molecule has 0 saturated heterocycles. The highest BCUT2D eigenvalue weighted by atomic mass is 79.9. The number of halogens is 5. The Bertz CT molecular complexity index is 2270. The molecule has 0 aliphatic heterocycles. The molecule has 55 heavy (non-hydrogen) atoms. The summed E-state index contributed by atoms with van der Waals surface area (Å²) in [6.45, 7) is 0. The van der Waals surface area contributed by atoms with E-state index in [4.69, 9.17) is 22.1 Å². The maximum atomic E-state index is 13.8. The van der Waals surface area contributed by atoms with Gasteiger partial charge in [-0.15, -0.1) is 0 Å². The van der Waals surface area contributed by atoms with Crippen LogP contribution in [0.15, 0.2) is 107 Å². The number of ether oxygens (including phenoxy) is 2. The molecule has 2 heterocycles. The summed E-state index contributed by atoms with van der Waals surface area (Å²) >= 11 is 12.5. The Hall–Kier alpha value is -6.25. The van der Waals surface area contributed by atoms with Gasteiger partial charge in [0.15, 0.2) is 0 Å². The van der Waals surface area contributed by atoms with E-state index in [0.29, 0.717) is 22.6 Å². The van der Waals surface area contributed by atoms with Gasteiger partial charge in [-0.05, 0) is 36.4 Å². The van der Waals surface area contributed by atoms with Crippen LogP contribution in [0.4, 0.5) is 60.4 Å². The number of nitrogens with zero attached hydrogens (tertiary/aromatic N) is 6. The predicted octanol–water partition coefficient (Wildman–Crippen LogP) is 9.74. The van der Waals surface area contributed by atoms with Crippen LogP contribution >= 0.6 is 43.5 Å². The van der Waals surface area contributed by atoms with Gasteiger partial charge in [-0.25, -0.2) is 19.9 Å². The van der Waals surface area contributed by atoms with Crippen LogP contribution < -0.4 is 31.2 Å². The van der Waals surface area contributed by atoms with E-state index in [2.05, 4.69) is 72.5 Å². The van der Waals surface area contributed by atoms with Gasteiger partial charge in [0.05, 0.1) is 35.4 Å². The number of nitro benzene ring substituents is 2. The van der Waals surface area contributed by atoms with Crippen molar-refractivity contribution in [2.75, 3.05) is 35.9 Å². The Kier molecular flexibility index (Phi) is 14.9. The van der Waals surface area contributed by atoms with Crippen molar-refractivity contribution in [2.45, 2.75) is 0 Å². The largest absolute Gasteiger partial charge is 0.494 e. The Balaban J connectivity index is 0.000000202. The second-order valence-electron chi connectivity index (χ2n) is 10.5. The van der Waals surface area contributed by atoms with Crippen LogP contribution in [-0.2, 0) is 0 Å². The van der Waals surface area contributed by atoms with Gasteiger partial charge in [-0.3, -0.25) is 20.2 Å². The minimum Gasteiger partial charge on any atom is -0.494 e. The fraction of sp³-hybridized carbons (Fsp3) is 0.0588. The molecule has 21 heteroatoms. The first kappa shape index (κ1) is 41.5. The quantitative estimate of drug-likeness (QED) is 0.0435. The van der Waals surface area contributed by atoms with Gasteiger partial charge in [0.25, 0.3) is 0 Å². The molecule has 16 nitrogen and oxygen atoms in total. The molecular weight excluding hydrogens is 878 g/mol. The summed E-state index contributed by atoms with van der Waals surface area (Å²) in [5.41, 5.74) is 6.02. The Morgan fingerprint density at radius 1 is 0.673 bits per heavy atom. The molecular formula is C34H27Br2ClF2N10O6. The van der Waals surface area contributed by atoms with Gasteiger partial charge in [-0.1, -0.05) is 55.6 Å². The Morgan fingerprint density at radius 3 is 1.64 bits per heavy atom. The van der Waals surface area contributed by atoms with Crippen LogP contribution in [0.2, 0.25) is 5.15 Å². The highest BCUT2D eigenvalue weighted by Gasteiger charge is 2.20. The summed E-state index contributed by atoms with van der Waals surface area (Å²) in [4.78, 5) is 35.6. The molecule has 0 aliphatic carbocycles. The van der Waals surface area contributed by atoms with Crippen LogP contribution in [0, 0.1) is 31.9 Å². The van der Waals surface area contributed by atoms with Crippen LogP contribution in [0.3, 0.4) is 0 Å². The molecule has 5 N–H and O–H groups in total. The van der Waals surface area contributed by atoms with Crippen LogP contribution in [-0.4, -0.2) is 44.0 Å². The SMILES string of the molecule is COc1cc(F)c([N+](=O)[O-])cc1N.COc1cc(F)c([N+](=O)[O-])cc1Nc1cc(Nc2cccc(Br)c2)ncn1.Clc1cc(Nc2cccc(Br)c2)ncn1. The van der Waals surface area contributed by atoms with E-state index in [1.54, 1.807) is 12.1 Å². The first-order valence-corrected chi connectivity index (χ1v) is 17.1. The number of aromatic nitrogens is 4. The van der Waals surface area contributed by atoms with E-state index in [9.17, 15) is 29.0 Å². The number of anilines is 7. The normalized spacial score (nSPS) is 10.1. The molecule has 0 saturated carbocycles. The summed E-state index contributed by atoms with van der Waals surface area (Å²) < 4.78 is 38.3. The van der Waals surface area contributed by atoms with Crippen molar-refractivity contribution in [3.8, 4) is 11.5 Å². The number of nitrogen functional groups attached to an aromatic ring is 1. The van der Waals surface area contributed by atoms with Crippen LogP contribution in [0.1, 0.15) is 0 Å². The van der Waals surface area contributed by atoms with Gasteiger partial charge in [0.1, 0.15) is 46.8 Å². The topological polar surface area (TPSA) is 218 Å². The van der Waals surface area contributed by atoms with E-state index in [0.717, 1.165) is 44.6 Å². The zero-order valence-electron chi connectivity index (χ0n) is 28.3. The first-order valence-electron chi connectivity index (χ1n) is 15.2. The molecule has 0 atom stereocenters. The molecule has 0 radical (unpaired) electrons. The van der Waals surface area contributed by atoms with Crippen LogP contribution in [0.5, 0.6) is 11.5 Å². The number of benzene rings is 4. The van der Waals surface area contributed by atoms with Gasteiger partial charge in [-0.2, -0.15) is 8.78 Å². The number of nitro groups is 2. The second kappa shape index (κ2) is 19.7. The molecule has 6 rings (SSSR count). The van der Waals surface area contributed by atoms with E-state index >= 15 is 0 Å². The number of hydrogen-bond donors (Lipinski definition) is 4. The number of rotatable bonds is 10. The first-order chi connectivity index (χ1) is 26.3. The average molecular weight is 905 g/mol. The lowest BCUT2D eigenvalue weighted by Gasteiger charge is -2.12. The Labute approximate surface area is 332 Å². The van der Waals surface area contributed by atoms with Gasteiger partial charge in [0.2, 0.25) is 11.6 Å². The van der Waals surface area contributed by atoms with E-state index < -0.39 is 32.9 Å². The molecule has 0 bridgehead atoms. The van der Waals surface area contributed by atoms with Crippen molar-refractivity contribution in [3.63, 3.8) is 0 Å². The fourth-order valence-corrected chi connectivity index (χ4v) is 5.23. The minimum absolute atomic E-state index is 0.0376. The van der Waals surface area contributed by atoms with Crippen molar-refractivity contribution in [1.29, 1.82) is 0 Å². The van der Waals surface area contributed by atoms with E-state index in [1.807, 2.05) is 48.5 Å². The zero-order valence-corrected chi connectivity index (χ0v) is 32.3. The second-order valence-corrected chi connectivity index (χ2v) is 12.7. The molecule has 6 aromatic rings. The number of nitrogens with two attached hydrogens (primary N) is 1. The third-order valence-electron chi connectivity index (χ3n) is 6.72. The minimum atomic E-state index is -0.984. The lowest BCUT2D eigenvalue weighted by atomic mass is 10.2. The average Bonchev–Trinajstić information content (AvgIpc) is 3.13. The Morgan fingerprint density at radius 2 is 1.15 bits per heavy atom. The van der Waals surface area contributed by atoms with Gasteiger partial charge in [0, 0.05) is 56.7 Å². The van der Waals surface area contributed by atoms with Crippen LogP contribution in [0.25, 0.3) is 0 Å². The highest BCUT2D eigenvalue weighted by Crippen LogP contribution is 2.34. The van der Waals surface area contributed by atoms with Crippen molar-refractivity contribution in [3.05, 3.63) is 144 Å². The smallest absolute Gasteiger partial charge is 0.307 e. The third kappa shape index (κ3) is 12.4. The van der Waals surface area contributed by atoms with Crippen molar-refractivity contribution < 1.29 is 28.1 Å². The molecule has 0 amide bonds. The summed E-state index contributed by atoms with van der Waals surface area (Å²) in [6.07, 6.45) is 2.75. The zero-order chi connectivity index (χ0) is 40.1. The maximum absolute atomic E-state index is 13.8. The molecule has 2 aromatic heterocycles. The molecule has 0 unspecified atom stereocenters. The predicted molar refractivity (Wildman–Crippen MR) is 211 cm³/mol. The van der Waals surface area contributed by atoms with Gasteiger partial charge >= 0.3 is 11.4 Å². The number of hydrogen-bond acceptors (Lipinski definition) is 14. The van der Waals surface area contributed by atoms with E-state index in [1.165, 1.54) is 26.9 Å². The summed E-state index contributed by atoms with van der Waals surface area (Å²) in [5.74, 6) is -0.226. The van der Waals surface area contributed by atoms with Gasteiger partial charge < -0.3 is 31.2 Å². The molecule has 0 fully saturated rings. The fourth-order valence-electron chi connectivity index (χ4n) is 4.29. The summed E-state index contributed by atoms with van der Waals surface area (Å²) in [5, 5.41) is 30.8.